The standard InChI is InChI=1S/C16H25NO2/c1-4-6-8-13-15(5-2)19-16(18)17(3)14-11-9-7-10-12-14/h7,9-12,15H,4-6,8,13H2,1-3H3. The Morgan fingerprint density at radius 1 is 1.21 bits per heavy atom. The molecule has 0 radical (unpaired) electrons. The van der Waals surface area contributed by atoms with Crippen LogP contribution >= 0.6 is 0 Å². The lowest BCUT2D eigenvalue weighted by Crippen LogP contribution is -2.30. The van der Waals surface area contributed by atoms with Crippen LogP contribution in [0.2, 0.25) is 0 Å². The number of hydrogen-bond donors (Lipinski definition) is 0. The Bertz CT molecular complexity index is 364. The predicted octanol–water partition coefficient (Wildman–Crippen LogP) is 4.62. The molecule has 1 amide bonds. The summed E-state index contributed by atoms with van der Waals surface area (Å²) in [5.74, 6) is 0. The molecule has 0 saturated heterocycles. The Morgan fingerprint density at radius 3 is 2.47 bits per heavy atom. The van der Waals surface area contributed by atoms with Crippen molar-refractivity contribution in [3.8, 4) is 0 Å². The molecule has 0 fully saturated rings. The first-order valence-corrected chi connectivity index (χ1v) is 7.18. The van der Waals surface area contributed by atoms with E-state index in [0.717, 1.165) is 24.9 Å². The molecule has 0 aliphatic carbocycles. The van der Waals surface area contributed by atoms with Crippen LogP contribution in [-0.2, 0) is 4.74 Å². The smallest absolute Gasteiger partial charge is 0.414 e. The number of unbranched alkanes of at least 4 members (excludes halogenated alkanes) is 2. The van der Waals surface area contributed by atoms with Crippen LogP contribution in [0.15, 0.2) is 30.3 Å². The zero-order valence-electron chi connectivity index (χ0n) is 12.3. The summed E-state index contributed by atoms with van der Waals surface area (Å²) in [4.78, 5) is 13.6. The number of benzene rings is 1. The molecule has 1 unspecified atom stereocenters. The van der Waals surface area contributed by atoms with Gasteiger partial charge in [0.05, 0.1) is 0 Å². The third-order valence-electron chi connectivity index (χ3n) is 3.27. The summed E-state index contributed by atoms with van der Waals surface area (Å²) in [7, 11) is 1.75. The van der Waals surface area contributed by atoms with Crippen molar-refractivity contribution >= 4 is 11.8 Å². The van der Waals surface area contributed by atoms with Gasteiger partial charge in [0.2, 0.25) is 0 Å². The molecule has 0 N–H and O–H groups in total. The number of nitrogens with zero attached hydrogens (tertiary/aromatic N) is 1. The molecule has 3 nitrogen and oxygen atoms in total. The Hall–Kier alpha value is -1.51. The molecule has 19 heavy (non-hydrogen) atoms. The minimum Gasteiger partial charge on any atom is -0.446 e. The molecule has 0 aliphatic heterocycles. The van der Waals surface area contributed by atoms with Gasteiger partial charge in [0.15, 0.2) is 0 Å². The molecule has 1 atom stereocenters. The van der Waals surface area contributed by atoms with E-state index in [2.05, 4.69) is 13.8 Å². The maximum atomic E-state index is 12.0. The minimum absolute atomic E-state index is 0.0326. The maximum absolute atomic E-state index is 12.0. The molecule has 1 rings (SSSR count). The lowest BCUT2D eigenvalue weighted by atomic mass is 10.1. The topological polar surface area (TPSA) is 29.5 Å². The van der Waals surface area contributed by atoms with Gasteiger partial charge in [-0.1, -0.05) is 44.9 Å². The maximum Gasteiger partial charge on any atom is 0.414 e. The number of ether oxygens (including phenoxy) is 1. The second kappa shape index (κ2) is 8.57. The normalized spacial score (nSPS) is 11.9. The van der Waals surface area contributed by atoms with Crippen molar-refractivity contribution < 1.29 is 9.53 Å². The van der Waals surface area contributed by atoms with Gasteiger partial charge < -0.3 is 4.74 Å². The van der Waals surface area contributed by atoms with Crippen LogP contribution in [0.3, 0.4) is 0 Å². The molecule has 0 heterocycles. The summed E-state index contributed by atoms with van der Waals surface area (Å²) >= 11 is 0. The van der Waals surface area contributed by atoms with Gasteiger partial charge in [0, 0.05) is 12.7 Å². The fraction of sp³-hybridized carbons (Fsp3) is 0.562. The number of carbonyl (C=O) groups is 1. The van der Waals surface area contributed by atoms with Crippen LogP contribution in [0.25, 0.3) is 0 Å². The second-order valence-corrected chi connectivity index (χ2v) is 4.80. The fourth-order valence-corrected chi connectivity index (χ4v) is 1.95. The van der Waals surface area contributed by atoms with Gasteiger partial charge in [0.25, 0.3) is 0 Å². The van der Waals surface area contributed by atoms with Crippen LogP contribution in [0.1, 0.15) is 46.0 Å². The van der Waals surface area contributed by atoms with Crippen LogP contribution in [-0.4, -0.2) is 19.2 Å². The monoisotopic (exact) mass is 263 g/mol. The average molecular weight is 263 g/mol. The first-order valence-electron chi connectivity index (χ1n) is 7.18. The third kappa shape index (κ3) is 5.33. The summed E-state index contributed by atoms with van der Waals surface area (Å²) < 4.78 is 5.55. The third-order valence-corrected chi connectivity index (χ3v) is 3.27. The molecule has 3 heteroatoms. The Balaban J connectivity index is 2.48. The molecule has 0 bridgehead atoms. The van der Waals surface area contributed by atoms with E-state index in [1.807, 2.05) is 30.3 Å². The van der Waals surface area contributed by atoms with E-state index in [-0.39, 0.29) is 12.2 Å². The Labute approximate surface area is 116 Å². The SMILES string of the molecule is CCCCCC(CC)OC(=O)N(C)c1ccccc1. The zero-order chi connectivity index (χ0) is 14.1. The van der Waals surface area contributed by atoms with E-state index in [0.29, 0.717) is 0 Å². The highest BCUT2D eigenvalue weighted by atomic mass is 16.6. The van der Waals surface area contributed by atoms with E-state index < -0.39 is 0 Å². The van der Waals surface area contributed by atoms with Gasteiger partial charge in [-0.2, -0.15) is 0 Å². The highest BCUT2D eigenvalue weighted by Gasteiger charge is 2.17. The van der Waals surface area contributed by atoms with E-state index in [9.17, 15) is 4.79 Å². The van der Waals surface area contributed by atoms with E-state index in [1.54, 1.807) is 11.9 Å². The highest BCUT2D eigenvalue weighted by molar-refractivity contribution is 5.86. The zero-order valence-corrected chi connectivity index (χ0v) is 12.3. The summed E-state index contributed by atoms with van der Waals surface area (Å²) in [6.45, 7) is 4.24. The number of amides is 1. The van der Waals surface area contributed by atoms with E-state index >= 15 is 0 Å². The van der Waals surface area contributed by atoms with Crippen LogP contribution < -0.4 is 4.90 Å². The molecule has 0 spiro atoms. The van der Waals surface area contributed by atoms with Crippen molar-refractivity contribution in [3.63, 3.8) is 0 Å². The number of para-hydroxylation sites is 1. The summed E-state index contributed by atoms with van der Waals surface area (Å²) in [5.41, 5.74) is 0.857. The summed E-state index contributed by atoms with van der Waals surface area (Å²) in [5, 5.41) is 0. The van der Waals surface area contributed by atoms with E-state index in [4.69, 9.17) is 4.74 Å². The molecular weight excluding hydrogens is 238 g/mol. The minimum atomic E-state index is -0.269. The quantitative estimate of drug-likeness (QED) is 0.672. The van der Waals surface area contributed by atoms with Crippen molar-refractivity contribution in [1.29, 1.82) is 0 Å². The second-order valence-electron chi connectivity index (χ2n) is 4.80. The van der Waals surface area contributed by atoms with Crippen molar-refractivity contribution in [2.45, 2.75) is 52.1 Å². The fourth-order valence-electron chi connectivity index (χ4n) is 1.95. The van der Waals surface area contributed by atoms with Crippen LogP contribution in [0.5, 0.6) is 0 Å². The number of carbonyl (C=O) groups excluding carboxylic acids is 1. The summed E-state index contributed by atoms with van der Waals surface area (Å²) in [6, 6.07) is 9.57. The molecule has 1 aromatic rings. The summed E-state index contributed by atoms with van der Waals surface area (Å²) in [6.07, 6.45) is 5.10. The number of hydrogen-bond acceptors (Lipinski definition) is 2. The van der Waals surface area contributed by atoms with Crippen molar-refractivity contribution in [2.75, 3.05) is 11.9 Å². The van der Waals surface area contributed by atoms with Crippen LogP contribution in [0.4, 0.5) is 10.5 Å². The molecule has 1 aromatic carbocycles. The van der Waals surface area contributed by atoms with Gasteiger partial charge in [-0.15, -0.1) is 0 Å². The molecule has 0 aliphatic rings. The van der Waals surface area contributed by atoms with Gasteiger partial charge in [-0.3, -0.25) is 4.90 Å². The molecule has 0 aromatic heterocycles. The molecule has 0 saturated carbocycles. The van der Waals surface area contributed by atoms with Crippen molar-refractivity contribution in [3.05, 3.63) is 30.3 Å². The molecule has 106 valence electrons. The highest BCUT2D eigenvalue weighted by Crippen LogP contribution is 2.15. The van der Waals surface area contributed by atoms with Crippen molar-refractivity contribution in [1.82, 2.24) is 0 Å². The van der Waals surface area contributed by atoms with E-state index in [1.165, 1.54) is 12.8 Å². The van der Waals surface area contributed by atoms with Crippen molar-refractivity contribution in [2.24, 2.45) is 0 Å². The van der Waals surface area contributed by atoms with Gasteiger partial charge in [-0.25, -0.2) is 4.79 Å². The Kier molecular flexibility index (Phi) is 7.01. The lowest BCUT2D eigenvalue weighted by Gasteiger charge is -2.22. The van der Waals surface area contributed by atoms with Gasteiger partial charge in [0.1, 0.15) is 6.10 Å². The Morgan fingerprint density at radius 2 is 1.89 bits per heavy atom. The molecular formula is C16H25NO2. The average Bonchev–Trinajstić information content (AvgIpc) is 2.46. The van der Waals surface area contributed by atoms with Gasteiger partial charge in [-0.05, 0) is 31.4 Å². The van der Waals surface area contributed by atoms with Crippen LogP contribution in [0, 0.1) is 0 Å². The first kappa shape index (κ1) is 15.5. The predicted molar refractivity (Wildman–Crippen MR) is 79.5 cm³/mol. The van der Waals surface area contributed by atoms with Gasteiger partial charge >= 0.3 is 6.09 Å². The first-order chi connectivity index (χ1) is 9.19. The number of anilines is 1. The largest absolute Gasteiger partial charge is 0.446 e. The number of rotatable bonds is 7. The lowest BCUT2D eigenvalue weighted by molar-refractivity contribution is 0.0958.